The van der Waals surface area contributed by atoms with Crippen molar-refractivity contribution in [2.75, 3.05) is 6.61 Å². The average molecular weight is 496 g/mol. The van der Waals surface area contributed by atoms with E-state index in [-0.39, 0.29) is 24.8 Å². The molecule has 0 spiro atoms. The minimum Gasteiger partial charge on any atom is -0.494 e. The van der Waals surface area contributed by atoms with Gasteiger partial charge in [-0.15, -0.1) is 24.8 Å². The summed E-state index contributed by atoms with van der Waals surface area (Å²) in [5.41, 5.74) is 6.03. The molecule has 3 aromatic rings. The summed E-state index contributed by atoms with van der Waals surface area (Å²) >= 11 is 5.99. The van der Waals surface area contributed by atoms with Gasteiger partial charge in [-0.1, -0.05) is 29.8 Å². The Morgan fingerprint density at radius 3 is 2.41 bits per heavy atom. The van der Waals surface area contributed by atoms with E-state index in [1.165, 1.54) is 0 Å². The summed E-state index contributed by atoms with van der Waals surface area (Å²) in [4.78, 5) is 9.76. The second kappa shape index (κ2) is 12.4. The van der Waals surface area contributed by atoms with Crippen LogP contribution >= 0.6 is 36.4 Å². The fourth-order valence-electron chi connectivity index (χ4n) is 4.07. The van der Waals surface area contributed by atoms with Crippen LogP contribution in [0, 0.1) is 0 Å². The molecule has 1 heterocycles. The van der Waals surface area contributed by atoms with Gasteiger partial charge in [0.25, 0.3) is 0 Å². The smallest absolute Gasteiger partial charge is 0.152 e. The first-order chi connectivity index (χ1) is 14.7. The average Bonchev–Trinajstić information content (AvgIpc) is 2.78. The van der Waals surface area contributed by atoms with Crippen LogP contribution in [0.1, 0.15) is 55.6 Å². The standard InChI is InChI=1S/C24H27ClN4O.2ClH/c1-2-30-20-12-13-22-21(15-20)24(17-6-10-19(29-26)11-7-17)28-23(27-22)14-5-16-3-8-18(25)9-4-16;;/h3-5,8-9,12-15,17,19,29H,2,6-7,10-11,26H2,1H3;2*1H. The van der Waals surface area contributed by atoms with E-state index in [0.717, 1.165) is 64.4 Å². The number of nitrogens with zero attached hydrogens (tertiary/aromatic N) is 2. The number of benzene rings is 2. The van der Waals surface area contributed by atoms with Crippen molar-refractivity contribution in [3.05, 3.63) is 64.6 Å². The summed E-state index contributed by atoms with van der Waals surface area (Å²) in [6, 6.07) is 14.2. The van der Waals surface area contributed by atoms with Crippen LogP contribution in [0.4, 0.5) is 0 Å². The molecule has 8 heteroatoms. The third kappa shape index (κ3) is 6.33. The number of halogens is 3. The molecule has 1 saturated carbocycles. The van der Waals surface area contributed by atoms with Gasteiger partial charge in [0.15, 0.2) is 5.82 Å². The maximum absolute atomic E-state index is 5.99. The molecule has 4 rings (SSSR count). The summed E-state index contributed by atoms with van der Waals surface area (Å²) in [5, 5.41) is 1.80. The lowest BCUT2D eigenvalue weighted by molar-refractivity contribution is 0.339. The lowest BCUT2D eigenvalue weighted by Gasteiger charge is -2.28. The van der Waals surface area contributed by atoms with Crippen molar-refractivity contribution in [3.63, 3.8) is 0 Å². The van der Waals surface area contributed by atoms with Crippen LogP contribution < -0.4 is 16.0 Å². The fraction of sp³-hybridized carbons (Fsp3) is 0.333. The maximum atomic E-state index is 5.99. The summed E-state index contributed by atoms with van der Waals surface area (Å²) < 4.78 is 5.73. The van der Waals surface area contributed by atoms with E-state index in [4.69, 9.17) is 32.1 Å². The van der Waals surface area contributed by atoms with Crippen molar-refractivity contribution < 1.29 is 4.74 Å². The molecule has 0 atom stereocenters. The zero-order valence-electron chi connectivity index (χ0n) is 18.0. The van der Waals surface area contributed by atoms with Gasteiger partial charge in [0.05, 0.1) is 17.8 Å². The van der Waals surface area contributed by atoms with Gasteiger partial charge in [0.1, 0.15) is 5.75 Å². The molecule has 5 nitrogen and oxygen atoms in total. The Morgan fingerprint density at radius 1 is 1.03 bits per heavy atom. The number of fused-ring (bicyclic) bond motifs is 1. The summed E-state index contributed by atoms with van der Waals surface area (Å²) in [7, 11) is 0. The van der Waals surface area contributed by atoms with E-state index in [1.807, 2.05) is 55.5 Å². The van der Waals surface area contributed by atoms with Gasteiger partial charge in [-0.3, -0.25) is 11.3 Å². The van der Waals surface area contributed by atoms with Crippen molar-refractivity contribution in [1.29, 1.82) is 0 Å². The van der Waals surface area contributed by atoms with Crippen LogP contribution in [0.5, 0.6) is 5.75 Å². The first-order valence-corrected chi connectivity index (χ1v) is 10.9. The Labute approximate surface area is 206 Å². The van der Waals surface area contributed by atoms with E-state index in [1.54, 1.807) is 0 Å². The van der Waals surface area contributed by atoms with Gasteiger partial charge in [-0.25, -0.2) is 9.97 Å². The minimum absolute atomic E-state index is 0. The third-order valence-corrected chi connectivity index (χ3v) is 5.92. The van der Waals surface area contributed by atoms with Gasteiger partial charge in [-0.2, -0.15) is 0 Å². The molecule has 1 aliphatic carbocycles. The third-order valence-electron chi connectivity index (χ3n) is 5.67. The Balaban J connectivity index is 0.00000181. The minimum atomic E-state index is 0. The van der Waals surface area contributed by atoms with Crippen LogP contribution in [0.2, 0.25) is 5.02 Å². The number of aromatic nitrogens is 2. The molecule has 32 heavy (non-hydrogen) atoms. The quantitative estimate of drug-likeness (QED) is 0.315. The van der Waals surface area contributed by atoms with Crippen LogP contribution in [0.25, 0.3) is 23.1 Å². The van der Waals surface area contributed by atoms with Crippen LogP contribution in [0.15, 0.2) is 42.5 Å². The molecule has 1 fully saturated rings. The van der Waals surface area contributed by atoms with Gasteiger partial charge in [0, 0.05) is 22.4 Å². The number of hydrogen-bond donors (Lipinski definition) is 2. The topological polar surface area (TPSA) is 73.1 Å². The molecule has 0 saturated heterocycles. The SMILES string of the molecule is CCOc1ccc2nc(C=Cc3ccc(Cl)cc3)nc(C3CCC(NN)CC3)c2c1.Cl.Cl. The van der Waals surface area contributed by atoms with E-state index in [0.29, 0.717) is 18.6 Å². The van der Waals surface area contributed by atoms with Gasteiger partial charge >= 0.3 is 0 Å². The van der Waals surface area contributed by atoms with Crippen molar-refractivity contribution in [2.24, 2.45) is 5.84 Å². The molecule has 1 aromatic heterocycles. The molecular formula is C24H29Cl3N4O. The predicted molar refractivity (Wildman–Crippen MR) is 138 cm³/mol. The van der Waals surface area contributed by atoms with Crippen molar-refractivity contribution in [1.82, 2.24) is 15.4 Å². The Kier molecular flexibility index (Phi) is 10.2. The summed E-state index contributed by atoms with van der Waals surface area (Å²) in [5.74, 6) is 7.61. The van der Waals surface area contributed by atoms with Gasteiger partial charge in [0.2, 0.25) is 0 Å². The van der Waals surface area contributed by atoms with Crippen molar-refractivity contribution >= 4 is 59.5 Å². The normalized spacial score (nSPS) is 18.2. The molecule has 0 radical (unpaired) electrons. The highest BCUT2D eigenvalue weighted by Gasteiger charge is 2.25. The highest BCUT2D eigenvalue weighted by Crippen LogP contribution is 2.36. The molecular weight excluding hydrogens is 467 g/mol. The predicted octanol–water partition coefficient (Wildman–Crippen LogP) is 6.19. The van der Waals surface area contributed by atoms with E-state index in [2.05, 4.69) is 11.5 Å². The number of rotatable bonds is 6. The molecule has 0 bridgehead atoms. The molecule has 0 unspecified atom stereocenters. The van der Waals surface area contributed by atoms with Gasteiger partial charge < -0.3 is 4.74 Å². The first kappa shape index (κ1) is 26.4. The fourth-order valence-corrected chi connectivity index (χ4v) is 4.20. The Bertz CT molecular complexity index is 1040. The second-order valence-electron chi connectivity index (χ2n) is 7.68. The largest absolute Gasteiger partial charge is 0.494 e. The number of ether oxygens (including phenoxy) is 1. The Hall–Kier alpha value is -1.89. The zero-order chi connectivity index (χ0) is 20.9. The van der Waals surface area contributed by atoms with Crippen molar-refractivity contribution in [3.8, 4) is 5.75 Å². The molecule has 172 valence electrons. The molecule has 0 aliphatic heterocycles. The van der Waals surface area contributed by atoms with E-state index < -0.39 is 0 Å². The number of hydrogen-bond acceptors (Lipinski definition) is 5. The molecule has 2 aromatic carbocycles. The number of nitrogens with two attached hydrogens (primary N) is 1. The monoisotopic (exact) mass is 494 g/mol. The lowest BCUT2D eigenvalue weighted by Crippen LogP contribution is -2.37. The molecule has 1 aliphatic rings. The van der Waals surface area contributed by atoms with Crippen LogP contribution in [-0.2, 0) is 0 Å². The Morgan fingerprint density at radius 2 is 1.75 bits per heavy atom. The van der Waals surface area contributed by atoms with Gasteiger partial charge in [-0.05, 0) is 74.6 Å². The second-order valence-corrected chi connectivity index (χ2v) is 8.12. The van der Waals surface area contributed by atoms with Crippen molar-refractivity contribution in [2.45, 2.75) is 44.6 Å². The summed E-state index contributed by atoms with van der Waals surface area (Å²) in [6.07, 6.45) is 8.20. The summed E-state index contributed by atoms with van der Waals surface area (Å²) in [6.45, 7) is 2.63. The van der Waals surface area contributed by atoms with Crippen LogP contribution in [0.3, 0.4) is 0 Å². The lowest BCUT2D eigenvalue weighted by atomic mass is 9.83. The zero-order valence-corrected chi connectivity index (χ0v) is 20.3. The van der Waals surface area contributed by atoms with E-state index >= 15 is 0 Å². The van der Waals surface area contributed by atoms with E-state index in [9.17, 15) is 0 Å². The maximum Gasteiger partial charge on any atom is 0.152 e. The van der Waals surface area contributed by atoms with Crippen LogP contribution in [-0.4, -0.2) is 22.6 Å². The highest BCUT2D eigenvalue weighted by molar-refractivity contribution is 6.30. The molecule has 0 amide bonds. The number of nitrogens with one attached hydrogen (secondary N) is 1. The highest BCUT2D eigenvalue weighted by atomic mass is 35.5. The molecule has 3 N–H and O–H groups in total. The number of hydrazine groups is 1. The first-order valence-electron chi connectivity index (χ1n) is 10.5.